The first-order valence-corrected chi connectivity index (χ1v) is 9.20. The van der Waals surface area contributed by atoms with Crippen LogP contribution in [0.2, 0.25) is 0 Å². The molecule has 28 heavy (non-hydrogen) atoms. The molecule has 5 nitrogen and oxygen atoms in total. The van der Waals surface area contributed by atoms with Crippen molar-refractivity contribution >= 4 is 12.0 Å². The van der Waals surface area contributed by atoms with Crippen LogP contribution in [0.5, 0.6) is 5.75 Å². The Morgan fingerprint density at radius 1 is 1.29 bits per heavy atom. The summed E-state index contributed by atoms with van der Waals surface area (Å²) in [7, 11) is 1.40. The van der Waals surface area contributed by atoms with E-state index in [4.69, 9.17) is 14.2 Å². The minimum Gasteiger partial charge on any atom is -0.494 e. The predicted octanol–water partition coefficient (Wildman–Crippen LogP) is 3.29. The SMILES string of the molecule is COc1ccc(/C=C/C(=O)OCC2CN(Cc3ccccc3)CCO2)cc1F. The number of morpholine rings is 1. The quantitative estimate of drug-likeness (QED) is 0.541. The molecular formula is C22H24FNO4. The van der Waals surface area contributed by atoms with Gasteiger partial charge in [-0.2, -0.15) is 0 Å². The third kappa shape index (κ3) is 5.90. The maximum atomic E-state index is 13.7. The molecule has 0 aliphatic carbocycles. The Kier molecular flexibility index (Phi) is 7.17. The van der Waals surface area contributed by atoms with Gasteiger partial charge in [-0.1, -0.05) is 36.4 Å². The first kappa shape index (κ1) is 20.0. The van der Waals surface area contributed by atoms with Crippen molar-refractivity contribution < 1.29 is 23.4 Å². The highest BCUT2D eigenvalue weighted by atomic mass is 19.1. The second-order valence-corrected chi connectivity index (χ2v) is 6.57. The molecule has 6 heteroatoms. The van der Waals surface area contributed by atoms with Crippen LogP contribution in [0.25, 0.3) is 6.08 Å². The summed E-state index contributed by atoms with van der Waals surface area (Å²) >= 11 is 0. The van der Waals surface area contributed by atoms with Crippen LogP contribution in [0.4, 0.5) is 4.39 Å². The highest BCUT2D eigenvalue weighted by Gasteiger charge is 2.21. The summed E-state index contributed by atoms with van der Waals surface area (Å²) in [6.45, 7) is 3.19. The second-order valence-electron chi connectivity index (χ2n) is 6.57. The zero-order chi connectivity index (χ0) is 19.8. The van der Waals surface area contributed by atoms with Crippen molar-refractivity contribution in [2.45, 2.75) is 12.6 Å². The molecule has 1 aliphatic rings. The average Bonchev–Trinajstić information content (AvgIpc) is 2.72. The van der Waals surface area contributed by atoms with E-state index in [1.807, 2.05) is 18.2 Å². The zero-order valence-electron chi connectivity index (χ0n) is 15.8. The summed E-state index contributed by atoms with van der Waals surface area (Å²) in [4.78, 5) is 14.2. The van der Waals surface area contributed by atoms with E-state index in [1.54, 1.807) is 6.07 Å². The first-order chi connectivity index (χ1) is 13.6. The molecule has 0 N–H and O–H groups in total. The fourth-order valence-corrected chi connectivity index (χ4v) is 3.04. The molecule has 0 bridgehead atoms. The Labute approximate surface area is 164 Å². The van der Waals surface area contributed by atoms with Gasteiger partial charge in [0, 0.05) is 25.7 Å². The molecule has 0 amide bonds. The van der Waals surface area contributed by atoms with E-state index in [0.717, 1.165) is 13.1 Å². The van der Waals surface area contributed by atoms with Crippen LogP contribution in [-0.4, -0.2) is 50.4 Å². The largest absolute Gasteiger partial charge is 0.494 e. The number of carbonyl (C=O) groups excluding carboxylic acids is 1. The Morgan fingerprint density at radius 3 is 2.86 bits per heavy atom. The zero-order valence-corrected chi connectivity index (χ0v) is 15.8. The molecule has 1 unspecified atom stereocenters. The number of methoxy groups -OCH3 is 1. The molecule has 2 aromatic rings. The molecule has 0 spiro atoms. The Bertz CT molecular complexity index is 809. The van der Waals surface area contributed by atoms with Gasteiger partial charge < -0.3 is 14.2 Å². The number of hydrogen-bond donors (Lipinski definition) is 0. The topological polar surface area (TPSA) is 48.0 Å². The van der Waals surface area contributed by atoms with Crippen molar-refractivity contribution in [2.24, 2.45) is 0 Å². The number of esters is 1. The van der Waals surface area contributed by atoms with E-state index >= 15 is 0 Å². The highest BCUT2D eigenvalue weighted by Crippen LogP contribution is 2.18. The maximum absolute atomic E-state index is 13.7. The lowest BCUT2D eigenvalue weighted by Gasteiger charge is -2.32. The number of hydrogen-bond acceptors (Lipinski definition) is 5. The fourth-order valence-electron chi connectivity index (χ4n) is 3.04. The second kappa shape index (κ2) is 10.0. The first-order valence-electron chi connectivity index (χ1n) is 9.20. The average molecular weight is 385 g/mol. The molecule has 0 saturated carbocycles. The third-order valence-electron chi connectivity index (χ3n) is 4.47. The van der Waals surface area contributed by atoms with Crippen molar-refractivity contribution in [2.75, 3.05) is 33.4 Å². The lowest BCUT2D eigenvalue weighted by molar-refractivity contribution is -0.144. The lowest BCUT2D eigenvalue weighted by Crippen LogP contribution is -2.44. The molecule has 1 saturated heterocycles. The minimum absolute atomic E-state index is 0.159. The molecular weight excluding hydrogens is 361 g/mol. The molecule has 1 heterocycles. The van der Waals surface area contributed by atoms with Gasteiger partial charge in [0.25, 0.3) is 0 Å². The van der Waals surface area contributed by atoms with Gasteiger partial charge >= 0.3 is 5.97 Å². The molecule has 0 aromatic heterocycles. The summed E-state index contributed by atoms with van der Waals surface area (Å²) in [5.41, 5.74) is 1.80. The minimum atomic E-state index is -0.486. The van der Waals surface area contributed by atoms with Gasteiger partial charge in [-0.15, -0.1) is 0 Å². The van der Waals surface area contributed by atoms with Gasteiger partial charge in [0.1, 0.15) is 12.7 Å². The third-order valence-corrected chi connectivity index (χ3v) is 4.47. The Morgan fingerprint density at radius 2 is 2.11 bits per heavy atom. The number of ether oxygens (including phenoxy) is 3. The summed E-state index contributed by atoms with van der Waals surface area (Å²) in [5.74, 6) is -0.804. The van der Waals surface area contributed by atoms with Crippen molar-refractivity contribution in [3.63, 3.8) is 0 Å². The van der Waals surface area contributed by atoms with Crippen LogP contribution in [0.15, 0.2) is 54.6 Å². The van der Waals surface area contributed by atoms with Crippen molar-refractivity contribution in [1.29, 1.82) is 0 Å². The van der Waals surface area contributed by atoms with E-state index in [9.17, 15) is 9.18 Å². The van der Waals surface area contributed by atoms with Crippen molar-refractivity contribution in [3.8, 4) is 5.75 Å². The summed E-state index contributed by atoms with van der Waals surface area (Å²) in [5, 5.41) is 0. The molecule has 1 atom stereocenters. The van der Waals surface area contributed by atoms with Gasteiger partial charge in [-0.3, -0.25) is 4.90 Å². The molecule has 148 valence electrons. The van der Waals surface area contributed by atoms with E-state index in [2.05, 4.69) is 17.0 Å². The van der Waals surface area contributed by atoms with Crippen LogP contribution >= 0.6 is 0 Å². The number of rotatable bonds is 7. The summed E-state index contributed by atoms with van der Waals surface area (Å²) in [6, 6.07) is 14.7. The monoisotopic (exact) mass is 385 g/mol. The lowest BCUT2D eigenvalue weighted by atomic mass is 10.2. The predicted molar refractivity (Wildman–Crippen MR) is 104 cm³/mol. The highest BCUT2D eigenvalue weighted by molar-refractivity contribution is 5.87. The molecule has 2 aromatic carbocycles. The van der Waals surface area contributed by atoms with Gasteiger partial charge in [-0.25, -0.2) is 9.18 Å². The van der Waals surface area contributed by atoms with E-state index in [-0.39, 0.29) is 18.5 Å². The van der Waals surface area contributed by atoms with Crippen LogP contribution < -0.4 is 4.74 Å². The van der Waals surface area contributed by atoms with Crippen LogP contribution in [0.3, 0.4) is 0 Å². The molecule has 1 aliphatic heterocycles. The van der Waals surface area contributed by atoms with Crippen molar-refractivity contribution in [3.05, 3.63) is 71.6 Å². The smallest absolute Gasteiger partial charge is 0.330 e. The van der Waals surface area contributed by atoms with Crippen LogP contribution in [0, 0.1) is 5.82 Å². The van der Waals surface area contributed by atoms with Gasteiger partial charge in [0.05, 0.1) is 13.7 Å². The number of benzene rings is 2. The van der Waals surface area contributed by atoms with Gasteiger partial charge in [-0.05, 0) is 29.3 Å². The van der Waals surface area contributed by atoms with Gasteiger partial charge in [0.15, 0.2) is 11.6 Å². The molecule has 1 fully saturated rings. The molecule has 3 rings (SSSR count). The van der Waals surface area contributed by atoms with E-state index in [1.165, 1.54) is 37.0 Å². The van der Waals surface area contributed by atoms with Crippen LogP contribution in [0.1, 0.15) is 11.1 Å². The molecule has 0 radical (unpaired) electrons. The Hall–Kier alpha value is -2.70. The normalized spacial score (nSPS) is 17.6. The summed E-state index contributed by atoms with van der Waals surface area (Å²) < 4.78 is 29.5. The summed E-state index contributed by atoms with van der Waals surface area (Å²) in [6.07, 6.45) is 2.63. The Balaban J connectivity index is 1.45. The van der Waals surface area contributed by atoms with Crippen LogP contribution in [-0.2, 0) is 20.8 Å². The fraction of sp³-hybridized carbons (Fsp3) is 0.318. The maximum Gasteiger partial charge on any atom is 0.330 e. The van der Waals surface area contributed by atoms with Gasteiger partial charge in [0.2, 0.25) is 0 Å². The van der Waals surface area contributed by atoms with E-state index < -0.39 is 11.8 Å². The standard InChI is InChI=1S/C22H24FNO4/c1-26-21-9-7-17(13-20(21)23)8-10-22(25)28-16-19-15-24(11-12-27-19)14-18-5-3-2-4-6-18/h2-10,13,19H,11-12,14-16H2,1H3/b10-8+. The van der Waals surface area contributed by atoms with E-state index in [0.29, 0.717) is 18.7 Å². The van der Waals surface area contributed by atoms with Crippen molar-refractivity contribution in [1.82, 2.24) is 4.90 Å². The number of nitrogens with zero attached hydrogens (tertiary/aromatic N) is 1. The number of halogens is 1. The number of carbonyl (C=O) groups is 1.